The molecule has 2 heterocycles. The molecule has 0 aromatic carbocycles. The van der Waals surface area contributed by atoms with Crippen molar-refractivity contribution in [3.05, 3.63) is 46.0 Å². The van der Waals surface area contributed by atoms with Crippen molar-refractivity contribution in [1.82, 2.24) is 14.8 Å². The van der Waals surface area contributed by atoms with Crippen LogP contribution < -0.4 is 5.73 Å². The minimum Gasteiger partial charge on any atom is -0.322 e. The third-order valence-corrected chi connectivity index (χ3v) is 3.48. The monoisotopic (exact) mass is 264 g/mol. The van der Waals surface area contributed by atoms with Gasteiger partial charge in [-0.3, -0.25) is 9.67 Å². The maximum Gasteiger partial charge on any atom is 0.130 e. The lowest BCUT2D eigenvalue weighted by atomic mass is 10.0. The molecule has 0 bridgehead atoms. The summed E-state index contributed by atoms with van der Waals surface area (Å²) in [5, 5.41) is 4.93. The van der Waals surface area contributed by atoms with Crippen LogP contribution in [0.1, 0.15) is 28.6 Å². The number of nitrogens with zero attached hydrogens (tertiary/aromatic N) is 3. The summed E-state index contributed by atoms with van der Waals surface area (Å²) in [6.45, 7) is 3.97. The van der Waals surface area contributed by atoms with E-state index in [1.165, 1.54) is 0 Å². The number of hydrogen-bond acceptors (Lipinski definition) is 3. The molecule has 0 spiro atoms. The molecule has 0 radical (unpaired) electrons. The zero-order valence-corrected chi connectivity index (χ0v) is 11.6. The molecular formula is C13H17ClN4. The number of halogens is 1. The van der Waals surface area contributed by atoms with Crippen LogP contribution in [-0.2, 0) is 13.5 Å². The molecule has 0 saturated carbocycles. The molecule has 2 aromatic heterocycles. The molecule has 0 aliphatic rings. The lowest BCUT2D eigenvalue weighted by Gasteiger charge is -2.11. The smallest absolute Gasteiger partial charge is 0.130 e. The third kappa shape index (κ3) is 2.54. The number of rotatable bonds is 3. The fourth-order valence-corrected chi connectivity index (χ4v) is 2.24. The van der Waals surface area contributed by atoms with E-state index in [0.717, 1.165) is 22.5 Å². The zero-order chi connectivity index (χ0) is 13.3. The van der Waals surface area contributed by atoms with Crippen molar-refractivity contribution < 1.29 is 0 Å². The van der Waals surface area contributed by atoms with E-state index in [-0.39, 0.29) is 6.04 Å². The Morgan fingerprint density at radius 1 is 1.44 bits per heavy atom. The Kier molecular flexibility index (Phi) is 3.68. The predicted octanol–water partition coefficient (Wildman–Crippen LogP) is 2.33. The molecular weight excluding hydrogens is 248 g/mol. The van der Waals surface area contributed by atoms with E-state index < -0.39 is 0 Å². The van der Waals surface area contributed by atoms with Crippen LogP contribution in [0.2, 0.25) is 5.15 Å². The molecule has 1 unspecified atom stereocenters. The SMILES string of the molecule is Cc1ccnc(C(N)Cc2c(C)nn(C)c2Cl)c1. The fraction of sp³-hybridized carbons (Fsp3) is 0.385. The van der Waals surface area contributed by atoms with Crippen LogP contribution in [0, 0.1) is 13.8 Å². The maximum absolute atomic E-state index is 6.20. The van der Waals surface area contributed by atoms with Crippen LogP contribution in [0.15, 0.2) is 18.3 Å². The normalized spacial score (nSPS) is 12.7. The molecule has 1 atom stereocenters. The highest BCUT2D eigenvalue weighted by Gasteiger charge is 2.16. The van der Waals surface area contributed by atoms with Gasteiger partial charge in [-0.2, -0.15) is 5.10 Å². The van der Waals surface area contributed by atoms with Gasteiger partial charge in [0.2, 0.25) is 0 Å². The number of aromatic nitrogens is 3. The lowest BCUT2D eigenvalue weighted by Crippen LogP contribution is -2.15. The Morgan fingerprint density at radius 2 is 2.17 bits per heavy atom. The second kappa shape index (κ2) is 5.08. The fourth-order valence-electron chi connectivity index (χ4n) is 1.99. The van der Waals surface area contributed by atoms with E-state index in [0.29, 0.717) is 11.6 Å². The Labute approximate surface area is 112 Å². The number of nitrogens with two attached hydrogens (primary N) is 1. The van der Waals surface area contributed by atoms with Gasteiger partial charge in [-0.15, -0.1) is 0 Å². The van der Waals surface area contributed by atoms with E-state index in [9.17, 15) is 0 Å². The number of hydrogen-bond donors (Lipinski definition) is 1. The summed E-state index contributed by atoms with van der Waals surface area (Å²) < 4.78 is 1.67. The molecule has 0 aliphatic heterocycles. The van der Waals surface area contributed by atoms with Crippen molar-refractivity contribution in [3.63, 3.8) is 0 Å². The van der Waals surface area contributed by atoms with Gasteiger partial charge < -0.3 is 5.73 Å². The second-order valence-corrected chi connectivity index (χ2v) is 4.91. The van der Waals surface area contributed by atoms with Gasteiger partial charge >= 0.3 is 0 Å². The average Bonchev–Trinajstić information content (AvgIpc) is 2.56. The minimum atomic E-state index is -0.162. The van der Waals surface area contributed by atoms with Crippen molar-refractivity contribution in [1.29, 1.82) is 0 Å². The van der Waals surface area contributed by atoms with E-state index in [1.54, 1.807) is 10.9 Å². The van der Waals surface area contributed by atoms with E-state index in [1.807, 2.05) is 33.0 Å². The van der Waals surface area contributed by atoms with Gasteiger partial charge in [0.15, 0.2) is 0 Å². The van der Waals surface area contributed by atoms with Crippen molar-refractivity contribution >= 4 is 11.6 Å². The molecule has 0 fully saturated rings. The van der Waals surface area contributed by atoms with Crippen molar-refractivity contribution in [3.8, 4) is 0 Å². The molecule has 18 heavy (non-hydrogen) atoms. The van der Waals surface area contributed by atoms with E-state index in [2.05, 4.69) is 10.1 Å². The molecule has 2 rings (SSSR count). The highest BCUT2D eigenvalue weighted by Crippen LogP contribution is 2.24. The van der Waals surface area contributed by atoms with Crippen LogP contribution in [0.5, 0.6) is 0 Å². The first kappa shape index (κ1) is 13.1. The van der Waals surface area contributed by atoms with Crippen LogP contribution in [0.3, 0.4) is 0 Å². The highest BCUT2D eigenvalue weighted by molar-refractivity contribution is 6.30. The van der Waals surface area contributed by atoms with E-state index in [4.69, 9.17) is 17.3 Å². The van der Waals surface area contributed by atoms with Crippen LogP contribution >= 0.6 is 11.6 Å². The highest BCUT2D eigenvalue weighted by atomic mass is 35.5. The van der Waals surface area contributed by atoms with Crippen molar-refractivity contribution in [2.24, 2.45) is 12.8 Å². The molecule has 2 aromatic rings. The number of aryl methyl sites for hydroxylation is 3. The van der Waals surface area contributed by atoms with Crippen LogP contribution in [0.25, 0.3) is 0 Å². The molecule has 4 nitrogen and oxygen atoms in total. The lowest BCUT2D eigenvalue weighted by molar-refractivity contribution is 0.692. The Hall–Kier alpha value is -1.39. The Balaban J connectivity index is 2.24. The molecule has 5 heteroatoms. The quantitative estimate of drug-likeness (QED) is 0.926. The summed E-state index contributed by atoms with van der Waals surface area (Å²) in [5.74, 6) is 0. The first-order valence-electron chi connectivity index (χ1n) is 5.85. The first-order valence-corrected chi connectivity index (χ1v) is 6.23. The molecule has 0 saturated heterocycles. The predicted molar refractivity (Wildman–Crippen MR) is 72.6 cm³/mol. The summed E-state index contributed by atoms with van der Waals surface area (Å²) >= 11 is 6.20. The Morgan fingerprint density at radius 3 is 2.72 bits per heavy atom. The standard InChI is InChI=1S/C13H17ClN4/c1-8-4-5-16-12(6-8)11(15)7-10-9(2)17-18(3)13(10)14/h4-6,11H,7,15H2,1-3H3. The topological polar surface area (TPSA) is 56.7 Å². The van der Waals surface area contributed by atoms with Crippen LogP contribution in [0.4, 0.5) is 0 Å². The van der Waals surface area contributed by atoms with Gasteiger partial charge in [-0.25, -0.2) is 0 Å². The third-order valence-electron chi connectivity index (χ3n) is 3.01. The average molecular weight is 265 g/mol. The zero-order valence-electron chi connectivity index (χ0n) is 10.8. The molecule has 2 N–H and O–H groups in total. The van der Waals surface area contributed by atoms with Gasteiger partial charge in [0.25, 0.3) is 0 Å². The van der Waals surface area contributed by atoms with Gasteiger partial charge in [-0.05, 0) is 38.0 Å². The second-order valence-electron chi connectivity index (χ2n) is 4.55. The van der Waals surface area contributed by atoms with Crippen LogP contribution in [-0.4, -0.2) is 14.8 Å². The van der Waals surface area contributed by atoms with E-state index >= 15 is 0 Å². The summed E-state index contributed by atoms with van der Waals surface area (Å²) in [4.78, 5) is 4.31. The number of pyridine rings is 1. The molecule has 0 amide bonds. The van der Waals surface area contributed by atoms with Gasteiger partial charge in [-0.1, -0.05) is 11.6 Å². The summed E-state index contributed by atoms with van der Waals surface area (Å²) in [7, 11) is 1.83. The summed E-state index contributed by atoms with van der Waals surface area (Å²) in [5.41, 5.74) is 10.1. The maximum atomic E-state index is 6.20. The summed E-state index contributed by atoms with van der Waals surface area (Å²) in [6.07, 6.45) is 2.43. The van der Waals surface area contributed by atoms with Gasteiger partial charge in [0, 0.05) is 18.8 Å². The Bertz CT molecular complexity index is 562. The van der Waals surface area contributed by atoms with Crippen molar-refractivity contribution in [2.45, 2.75) is 26.3 Å². The first-order chi connectivity index (χ1) is 8.49. The molecule has 96 valence electrons. The largest absolute Gasteiger partial charge is 0.322 e. The minimum absolute atomic E-state index is 0.162. The molecule has 0 aliphatic carbocycles. The van der Waals surface area contributed by atoms with Crippen molar-refractivity contribution in [2.75, 3.05) is 0 Å². The summed E-state index contributed by atoms with van der Waals surface area (Å²) in [6, 6.07) is 3.80. The van der Waals surface area contributed by atoms with Gasteiger partial charge in [0.05, 0.1) is 17.4 Å². The van der Waals surface area contributed by atoms with Gasteiger partial charge in [0.1, 0.15) is 5.15 Å².